The van der Waals surface area contributed by atoms with Crippen LogP contribution < -0.4 is 10.6 Å². The van der Waals surface area contributed by atoms with Gasteiger partial charge < -0.3 is 5.73 Å². The first-order valence-electron chi connectivity index (χ1n) is 5.28. The maximum Gasteiger partial charge on any atom is 0.245 e. The van der Waals surface area contributed by atoms with E-state index in [0.29, 0.717) is 5.92 Å². The summed E-state index contributed by atoms with van der Waals surface area (Å²) in [4.78, 5) is 17.9. The van der Waals surface area contributed by atoms with Gasteiger partial charge in [0.15, 0.2) is 5.13 Å². The van der Waals surface area contributed by atoms with Crippen molar-refractivity contribution in [2.75, 3.05) is 11.4 Å². The predicted molar refractivity (Wildman–Crippen MR) is 59.0 cm³/mol. The van der Waals surface area contributed by atoms with Crippen molar-refractivity contribution < 1.29 is 4.79 Å². The van der Waals surface area contributed by atoms with Gasteiger partial charge in [-0.2, -0.15) is 0 Å². The second-order valence-corrected chi connectivity index (χ2v) is 5.05. The summed E-state index contributed by atoms with van der Waals surface area (Å²) >= 11 is 1.56. The second kappa shape index (κ2) is 3.28. The molecular formula is C10H13N3OS. The van der Waals surface area contributed by atoms with Gasteiger partial charge in [0.2, 0.25) is 5.91 Å². The standard InChI is InChI=1S/C10H13N3OS/c11-7-3-4-13(9(7)14)10-12-8(5-15-10)6-1-2-6/h5-7H,1-4,11H2. The fraction of sp³-hybridized carbons (Fsp3) is 0.600. The lowest BCUT2D eigenvalue weighted by molar-refractivity contribution is -0.118. The summed E-state index contributed by atoms with van der Waals surface area (Å²) < 4.78 is 0. The van der Waals surface area contributed by atoms with E-state index in [4.69, 9.17) is 5.73 Å². The van der Waals surface area contributed by atoms with E-state index in [0.717, 1.165) is 23.8 Å². The van der Waals surface area contributed by atoms with Crippen molar-refractivity contribution in [3.05, 3.63) is 11.1 Å². The Bertz CT molecular complexity index is 399. The number of aromatic nitrogens is 1. The van der Waals surface area contributed by atoms with Gasteiger partial charge in [-0.25, -0.2) is 4.98 Å². The zero-order chi connectivity index (χ0) is 10.4. The van der Waals surface area contributed by atoms with E-state index in [1.165, 1.54) is 12.8 Å². The quantitative estimate of drug-likeness (QED) is 0.816. The number of anilines is 1. The third kappa shape index (κ3) is 1.55. The zero-order valence-electron chi connectivity index (χ0n) is 8.35. The first-order valence-corrected chi connectivity index (χ1v) is 6.16. The smallest absolute Gasteiger partial charge is 0.245 e. The molecule has 1 aliphatic heterocycles. The van der Waals surface area contributed by atoms with Gasteiger partial charge in [0, 0.05) is 17.8 Å². The molecule has 2 heterocycles. The summed E-state index contributed by atoms with van der Waals surface area (Å²) in [5.41, 5.74) is 6.83. The van der Waals surface area contributed by atoms with Crippen LogP contribution in [0.3, 0.4) is 0 Å². The van der Waals surface area contributed by atoms with Crippen LogP contribution in [-0.2, 0) is 4.79 Å². The van der Waals surface area contributed by atoms with Crippen LogP contribution in [0.25, 0.3) is 0 Å². The van der Waals surface area contributed by atoms with Crippen LogP contribution in [0.2, 0.25) is 0 Å². The minimum Gasteiger partial charge on any atom is -0.320 e. The van der Waals surface area contributed by atoms with Crippen LogP contribution in [0, 0.1) is 0 Å². The fourth-order valence-corrected chi connectivity index (χ4v) is 2.80. The number of nitrogens with two attached hydrogens (primary N) is 1. The van der Waals surface area contributed by atoms with Crippen molar-refractivity contribution in [2.24, 2.45) is 5.73 Å². The molecule has 2 fully saturated rings. The molecule has 0 aromatic carbocycles. The molecular weight excluding hydrogens is 210 g/mol. The summed E-state index contributed by atoms with van der Waals surface area (Å²) in [6.07, 6.45) is 3.24. The van der Waals surface area contributed by atoms with E-state index in [1.807, 2.05) is 0 Å². The molecule has 2 N–H and O–H groups in total. The number of carbonyl (C=O) groups is 1. The number of hydrogen-bond donors (Lipinski definition) is 1. The van der Waals surface area contributed by atoms with Crippen LogP contribution in [0.15, 0.2) is 5.38 Å². The molecule has 80 valence electrons. The number of hydrogen-bond acceptors (Lipinski definition) is 4. The SMILES string of the molecule is NC1CCN(c2nc(C3CC3)cs2)C1=O. The minimum absolute atomic E-state index is 0.0201. The Morgan fingerprint density at radius 1 is 1.47 bits per heavy atom. The topological polar surface area (TPSA) is 59.2 Å². The highest BCUT2D eigenvalue weighted by Gasteiger charge is 2.33. The number of carbonyl (C=O) groups excluding carboxylic acids is 1. The Hall–Kier alpha value is -0.940. The molecule has 1 saturated carbocycles. The van der Waals surface area contributed by atoms with Crippen molar-refractivity contribution in [2.45, 2.75) is 31.2 Å². The molecule has 4 nitrogen and oxygen atoms in total. The highest BCUT2D eigenvalue weighted by Crippen LogP contribution is 2.41. The predicted octanol–water partition coefficient (Wildman–Crippen LogP) is 1.08. The van der Waals surface area contributed by atoms with Crippen LogP contribution >= 0.6 is 11.3 Å². The van der Waals surface area contributed by atoms with Gasteiger partial charge >= 0.3 is 0 Å². The summed E-state index contributed by atoms with van der Waals surface area (Å²) in [5.74, 6) is 0.674. The lowest BCUT2D eigenvalue weighted by atomic mass is 10.3. The Morgan fingerprint density at radius 3 is 2.87 bits per heavy atom. The molecule has 2 aliphatic rings. The highest BCUT2D eigenvalue weighted by molar-refractivity contribution is 7.14. The molecule has 1 aromatic rings. The van der Waals surface area contributed by atoms with E-state index in [9.17, 15) is 4.79 Å². The third-order valence-corrected chi connectivity index (χ3v) is 3.87. The monoisotopic (exact) mass is 223 g/mol. The van der Waals surface area contributed by atoms with Crippen LogP contribution in [-0.4, -0.2) is 23.5 Å². The van der Waals surface area contributed by atoms with Gasteiger partial charge in [-0.15, -0.1) is 11.3 Å². The van der Waals surface area contributed by atoms with Gasteiger partial charge in [-0.3, -0.25) is 9.69 Å². The lowest BCUT2D eigenvalue weighted by Crippen LogP contribution is -2.33. The van der Waals surface area contributed by atoms with Crippen LogP contribution in [0.1, 0.15) is 30.9 Å². The van der Waals surface area contributed by atoms with Crippen molar-refractivity contribution in [3.63, 3.8) is 0 Å². The molecule has 0 radical (unpaired) electrons. The molecule has 3 rings (SSSR count). The van der Waals surface area contributed by atoms with E-state index < -0.39 is 0 Å². The molecule has 1 amide bonds. The van der Waals surface area contributed by atoms with E-state index in [1.54, 1.807) is 16.2 Å². The number of amides is 1. The first kappa shape index (κ1) is 9.30. The zero-order valence-corrected chi connectivity index (χ0v) is 9.17. The number of thiazole rings is 1. The largest absolute Gasteiger partial charge is 0.320 e. The minimum atomic E-state index is -0.321. The lowest BCUT2D eigenvalue weighted by Gasteiger charge is -2.11. The summed E-state index contributed by atoms with van der Waals surface area (Å²) in [6, 6.07) is -0.321. The second-order valence-electron chi connectivity index (χ2n) is 4.21. The van der Waals surface area contributed by atoms with Gasteiger partial charge in [-0.1, -0.05) is 0 Å². The Balaban J connectivity index is 1.83. The summed E-state index contributed by atoms with van der Waals surface area (Å²) in [7, 11) is 0. The molecule has 1 atom stereocenters. The normalized spacial score (nSPS) is 26.3. The maximum absolute atomic E-state index is 11.7. The van der Waals surface area contributed by atoms with E-state index in [-0.39, 0.29) is 11.9 Å². The molecule has 1 unspecified atom stereocenters. The van der Waals surface area contributed by atoms with E-state index >= 15 is 0 Å². The fourth-order valence-electron chi connectivity index (χ4n) is 1.86. The van der Waals surface area contributed by atoms with Gasteiger partial charge in [0.05, 0.1) is 11.7 Å². The Labute approximate surface area is 92.1 Å². The van der Waals surface area contributed by atoms with Crippen molar-refractivity contribution >= 4 is 22.4 Å². The van der Waals surface area contributed by atoms with E-state index in [2.05, 4.69) is 10.4 Å². The number of rotatable bonds is 2. The highest BCUT2D eigenvalue weighted by atomic mass is 32.1. The number of nitrogens with zero attached hydrogens (tertiary/aromatic N) is 2. The van der Waals surface area contributed by atoms with Gasteiger partial charge in [0.25, 0.3) is 0 Å². The molecule has 15 heavy (non-hydrogen) atoms. The first-order chi connectivity index (χ1) is 7.25. The summed E-state index contributed by atoms with van der Waals surface area (Å²) in [6.45, 7) is 0.720. The Kier molecular flexibility index (Phi) is 2.03. The van der Waals surface area contributed by atoms with Crippen molar-refractivity contribution in [1.29, 1.82) is 0 Å². The Morgan fingerprint density at radius 2 is 2.27 bits per heavy atom. The summed E-state index contributed by atoms with van der Waals surface area (Å²) in [5, 5.41) is 2.90. The molecule has 0 bridgehead atoms. The maximum atomic E-state index is 11.7. The average Bonchev–Trinajstić information content (AvgIpc) is 2.89. The van der Waals surface area contributed by atoms with Crippen molar-refractivity contribution in [3.8, 4) is 0 Å². The molecule has 5 heteroatoms. The van der Waals surface area contributed by atoms with Crippen molar-refractivity contribution in [1.82, 2.24) is 4.98 Å². The van der Waals surface area contributed by atoms with Crippen LogP contribution in [0.4, 0.5) is 5.13 Å². The van der Waals surface area contributed by atoms with Gasteiger partial charge in [0.1, 0.15) is 0 Å². The molecule has 1 saturated heterocycles. The molecule has 1 aliphatic carbocycles. The average molecular weight is 223 g/mol. The van der Waals surface area contributed by atoms with Crippen LogP contribution in [0.5, 0.6) is 0 Å². The molecule has 1 aromatic heterocycles. The third-order valence-electron chi connectivity index (χ3n) is 2.98. The van der Waals surface area contributed by atoms with Gasteiger partial charge in [-0.05, 0) is 19.3 Å². The molecule has 0 spiro atoms.